The fraction of sp³-hybridized carbons (Fsp3) is 0.300. The molecule has 0 heterocycles. The van der Waals surface area contributed by atoms with Crippen LogP contribution in [-0.2, 0) is 19.6 Å². The van der Waals surface area contributed by atoms with E-state index in [-0.39, 0.29) is 11.3 Å². The molecule has 2 N–H and O–H groups in total. The van der Waals surface area contributed by atoms with E-state index in [1.807, 2.05) is 4.72 Å². The predicted octanol–water partition coefficient (Wildman–Crippen LogP) is 3.85. The first-order valence-electron chi connectivity index (χ1n) is 9.31. The van der Waals surface area contributed by atoms with Crippen molar-refractivity contribution >= 4 is 33.0 Å². The van der Waals surface area contributed by atoms with Crippen LogP contribution < -0.4 is 4.72 Å². The molecule has 13 heteroatoms. The number of Topliss-reactive ketones (excluding diaryl/α,β-unsaturated/α-hetero) is 2. The number of carbonyl (C=O) groups is 2. The Balaban J connectivity index is 2.58. The van der Waals surface area contributed by atoms with Crippen molar-refractivity contribution in [1.82, 2.24) is 0 Å². The summed E-state index contributed by atoms with van der Waals surface area (Å²) in [6, 6.07) is 5.67. The van der Waals surface area contributed by atoms with E-state index in [1.54, 1.807) is 0 Å². The molecule has 0 aliphatic carbocycles. The number of phenols is 1. The molecule has 2 aromatic carbocycles. The highest BCUT2D eigenvalue weighted by Crippen LogP contribution is 2.37. The molecule has 33 heavy (non-hydrogen) atoms. The molecule has 1 atom stereocenters. The number of sulfonamides is 1. The molecule has 2 aromatic rings. The molecule has 0 fully saturated rings. The van der Waals surface area contributed by atoms with Gasteiger partial charge in [-0.25, -0.2) is 8.42 Å². The van der Waals surface area contributed by atoms with Gasteiger partial charge < -0.3 is 5.11 Å². The number of aromatic hydroxyl groups is 1. The second-order valence-electron chi connectivity index (χ2n) is 7.44. The number of ketones is 2. The summed E-state index contributed by atoms with van der Waals surface area (Å²) < 4.78 is 67.0. The van der Waals surface area contributed by atoms with Crippen molar-refractivity contribution < 1.29 is 41.2 Å². The molecule has 0 bridgehead atoms. The fourth-order valence-corrected chi connectivity index (χ4v) is 4.29. The minimum atomic E-state index is -5.39. The highest BCUT2D eigenvalue weighted by atomic mass is 32.2. The number of benzene rings is 2. The molecule has 1 unspecified atom stereocenters. The molecule has 0 spiro atoms. The Morgan fingerprint density at radius 2 is 1.73 bits per heavy atom. The van der Waals surface area contributed by atoms with Crippen molar-refractivity contribution in [3.8, 4) is 5.75 Å². The first-order chi connectivity index (χ1) is 15.1. The normalized spacial score (nSPS) is 12.9. The number of nitrogens with zero attached hydrogens (tertiary/aromatic N) is 1. The first-order valence-corrected chi connectivity index (χ1v) is 10.8. The van der Waals surface area contributed by atoms with Crippen LogP contribution in [0.5, 0.6) is 5.75 Å². The zero-order valence-corrected chi connectivity index (χ0v) is 18.3. The molecule has 0 aliphatic rings. The van der Waals surface area contributed by atoms with Gasteiger partial charge >= 0.3 is 6.18 Å². The lowest BCUT2D eigenvalue weighted by Gasteiger charge is -2.20. The second-order valence-corrected chi connectivity index (χ2v) is 9.09. The molecule has 0 aromatic heterocycles. The van der Waals surface area contributed by atoms with E-state index in [0.29, 0.717) is 0 Å². The van der Waals surface area contributed by atoms with Gasteiger partial charge in [-0.2, -0.15) is 13.2 Å². The summed E-state index contributed by atoms with van der Waals surface area (Å²) in [6.07, 6.45) is -5.39. The van der Waals surface area contributed by atoms with E-state index >= 15 is 0 Å². The predicted molar refractivity (Wildman–Crippen MR) is 110 cm³/mol. The number of phenolic OH excluding ortho intramolecular Hbond substituents is 1. The molecule has 178 valence electrons. The summed E-state index contributed by atoms with van der Waals surface area (Å²) in [4.78, 5) is 34.1. The number of carbonyl (C=O) groups excluding carboxylic acids is 2. The number of anilines is 1. The van der Waals surface area contributed by atoms with Crippen LogP contribution in [-0.4, -0.2) is 36.2 Å². The van der Waals surface area contributed by atoms with Gasteiger partial charge in [-0.15, -0.1) is 0 Å². The number of non-ortho nitro benzene ring substituents is 1. The van der Waals surface area contributed by atoms with Crippen LogP contribution in [0.15, 0.2) is 41.3 Å². The molecule has 0 saturated carbocycles. The quantitative estimate of drug-likeness (QED) is 0.249. The van der Waals surface area contributed by atoms with Crippen molar-refractivity contribution in [1.29, 1.82) is 0 Å². The lowest BCUT2D eigenvalue weighted by Crippen LogP contribution is -2.35. The Labute approximate surface area is 186 Å². The van der Waals surface area contributed by atoms with Gasteiger partial charge in [0.2, 0.25) is 0 Å². The van der Waals surface area contributed by atoms with E-state index < -0.39 is 66.4 Å². The number of rotatable bonds is 8. The number of hydrogen-bond acceptors (Lipinski definition) is 7. The van der Waals surface area contributed by atoms with E-state index in [0.717, 1.165) is 30.3 Å². The molecular formula is C20H19F3N2O7S. The minimum Gasteiger partial charge on any atom is -0.508 e. The van der Waals surface area contributed by atoms with Crippen molar-refractivity contribution in [3.05, 3.63) is 57.6 Å². The van der Waals surface area contributed by atoms with Crippen LogP contribution >= 0.6 is 0 Å². The molecule has 9 nitrogen and oxygen atoms in total. The third-order valence-corrected chi connectivity index (χ3v) is 6.18. The maximum atomic E-state index is 13.1. The zero-order chi connectivity index (χ0) is 25.3. The first kappa shape index (κ1) is 25.8. The maximum Gasteiger partial charge on any atom is 0.451 e. The lowest BCUT2D eigenvalue weighted by atomic mass is 9.84. The average Bonchev–Trinajstić information content (AvgIpc) is 2.69. The summed E-state index contributed by atoms with van der Waals surface area (Å²) in [5.41, 5.74) is -1.46. The third kappa shape index (κ3) is 5.66. The largest absolute Gasteiger partial charge is 0.508 e. The van der Waals surface area contributed by atoms with Gasteiger partial charge in [-0.3, -0.25) is 24.4 Å². The van der Waals surface area contributed by atoms with Gasteiger partial charge in [-0.1, -0.05) is 19.9 Å². The molecule has 2 rings (SSSR count). The van der Waals surface area contributed by atoms with Crippen LogP contribution in [0, 0.1) is 23.0 Å². The minimum absolute atomic E-state index is 0.146. The standard InChI is InChI=1S/C20H19F3N2O7S/c1-10(2)18(27)17(19(28)20(21,22)23)14-8-12(5-7-15(14)26)24-33(31,32)16-9-13(25(29)30)6-4-11(16)3/h4-10,17,24,26H,1-3H3. The van der Waals surface area contributed by atoms with Crippen LogP contribution in [0.2, 0.25) is 0 Å². The Morgan fingerprint density at radius 1 is 1.12 bits per heavy atom. The molecule has 0 radical (unpaired) electrons. The summed E-state index contributed by atoms with van der Waals surface area (Å²) in [5.74, 6) is -7.77. The second kappa shape index (κ2) is 9.17. The van der Waals surface area contributed by atoms with E-state index in [4.69, 9.17) is 0 Å². The summed E-state index contributed by atoms with van der Waals surface area (Å²) in [5, 5.41) is 21.1. The smallest absolute Gasteiger partial charge is 0.451 e. The Kier molecular flexibility index (Phi) is 7.17. The van der Waals surface area contributed by atoms with E-state index in [9.17, 15) is 46.4 Å². The summed E-state index contributed by atoms with van der Waals surface area (Å²) >= 11 is 0. The van der Waals surface area contributed by atoms with E-state index in [2.05, 4.69) is 0 Å². The van der Waals surface area contributed by atoms with Crippen LogP contribution in [0.25, 0.3) is 0 Å². The molecule has 0 saturated heterocycles. The highest BCUT2D eigenvalue weighted by Gasteiger charge is 2.48. The maximum absolute atomic E-state index is 13.1. The highest BCUT2D eigenvalue weighted by molar-refractivity contribution is 7.92. The number of nitro groups is 1. The average molecular weight is 488 g/mol. The van der Waals surface area contributed by atoms with Crippen molar-refractivity contribution in [2.75, 3.05) is 4.72 Å². The van der Waals surface area contributed by atoms with Gasteiger partial charge in [0.1, 0.15) is 11.7 Å². The van der Waals surface area contributed by atoms with Crippen LogP contribution in [0.1, 0.15) is 30.9 Å². The van der Waals surface area contributed by atoms with Crippen molar-refractivity contribution in [2.45, 2.75) is 37.8 Å². The number of nitro benzene ring substituents is 1. The molecule has 0 amide bonds. The topological polar surface area (TPSA) is 144 Å². The van der Waals surface area contributed by atoms with E-state index in [1.165, 1.54) is 26.8 Å². The van der Waals surface area contributed by atoms with Crippen molar-refractivity contribution in [3.63, 3.8) is 0 Å². The number of nitrogens with one attached hydrogen (secondary N) is 1. The molecule has 0 aliphatic heterocycles. The van der Waals surface area contributed by atoms with Crippen LogP contribution in [0.3, 0.4) is 0 Å². The summed E-state index contributed by atoms with van der Waals surface area (Å²) in [7, 11) is -4.47. The number of alkyl halides is 3. The number of aryl methyl sites for hydroxylation is 1. The zero-order valence-electron chi connectivity index (χ0n) is 17.5. The Bertz CT molecular complexity index is 1220. The Hall–Kier alpha value is -3.48. The monoisotopic (exact) mass is 488 g/mol. The van der Waals surface area contributed by atoms with Gasteiger partial charge in [0.15, 0.2) is 5.78 Å². The summed E-state index contributed by atoms with van der Waals surface area (Å²) in [6.45, 7) is 3.92. The van der Waals surface area contributed by atoms with Gasteiger partial charge in [0.25, 0.3) is 21.5 Å². The Morgan fingerprint density at radius 3 is 2.24 bits per heavy atom. The van der Waals surface area contributed by atoms with Gasteiger partial charge in [0, 0.05) is 29.3 Å². The SMILES string of the molecule is Cc1ccc([N+](=O)[O-])cc1S(=O)(=O)Nc1ccc(O)c(C(C(=O)C(C)C)C(=O)C(F)(F)F)c1. The van der Waals surface area contributed by atoms with Gasteiger partial charge in [0.05, 0.1) is 9.82 Å². The van der Waals surface area contributed by atoms with Crippen molar-refractivity contribution in [2.24, 2.45) is 5.92 Å². The molecular weight excluding hydrogens is 469 g/mol. The number of halogens is 3. The number of hydrogen-bond donors (Lipinski definition) is 2. The van der Waals surface area contributed by atoms with Gasteiger partial charge in [-0.05, 0) is 30.7 Å². The lowest BCUT2D eigenvalue weighted by molar-refractivity contribution is -0.385. The fourth-order valence-electron chi connectivity index (χ4n) is 2.97. The third-order valence-electron chi connectivity index (χ3n) is 4.66. The van der Waals surface area contributed by atoms with Crippen LogP contribution in [0.4, 0.5) is 24.5 Å².